The molecular formula is C47H80O19P2. The van der Waals surface area contributed by atoms with Crippen molar-refractivity contribution in [3.63, 3.8) is 0 Å². The van der Waals surface area contributed by atoms with Crippen LogP contribution in [0.1, 0.15) is 149 Å². The van der Waals surface area contributed by atoms with E-state index in [9.17, 15) is 68.8 Å². The summed E-state index contributed by atoms with van der Waals surface area (Å²) in [6.45, 7) is 2.49. The van der Waals surface area contributed by atoms with Crippen LogP contribution in [0.5, 0.6) is 0 Å². The normalized spacial score (nSPS) is 30.9. The van der Waals surface area contributed by atoms with Crippen LogP contribution >= 0.6 is 15.6 Å². The summed E-state index contributed by atoms with van der Waals surface area (Å²) < 4.78 is 52.1. The van der Waals surface area contributed by atoms with E-state index in [-0.39, 0.29) is 32.1 Å². The largest absolute Gasteiger partial charge is 0.472 e. The van der Waals surface area contributed by atoms with E-state index >= 15 is 0 Å². The number of unbranched alkanes of at least 4 members (excludes halogenated alkanes) is 7. The van der Waals surface area contributed by atoms with Gasteiger partial charge in [0.05, 0.1) is 36.9 Å². The third kappa shape index (κ3) is 25.6. The molecule has 392 valence electrons. The zero-order chi connectivity index (χ0) is 50.5. The molecule has 0 amide bonds. The molecule has 0 aromatic heterocycles. The number of carbonyl (C=O) groups excluding carboxylic acids is 3. The average molecular weight is 1010 g/mol. The van der Waals surface area contributed by atoms with Crippen LogP contribution in [0.2, 0.25) is 0 Å². The molecule has 1 heterocycles. The van der Waals surface area contributed by atoms with E-state index in [0.29, 0.717) is 44.9 Å². The van der Waals surface area contributed by atoms with Gasteiger partial charge in [-0.2, -0.15) is 0 Å². The topological polar surface area (TPSA) is 314 Å². The minimum absolute atomic E-state index is 0.0656. The van der Waals surface area contributed by atoms with Crippen molar-refractivity contribution in [1.82, 2.24) is 0 Å². The van der Waals surface area contributed by atoms with E-state index in [1.165, 1.54) is 19.3 Å². The van der Waals surface area contributed by atoms with Gasteiger partial charge in [-0.05, 0) is 64.2 Å². The predicted octanol–water partition coefficient (Wildman–Crippen LogP) is 5.87. The monoisotopic (exact) mass is 1010 g/mol. The molecule has 1 saturated heterocycles. The molecule has 1 aliphatic carbocycles. The summed E-state index contributed by atoms with van der Waals surface area (Å²) in [6.07, 6.45) is 6.09. The molecule has 0 aromatic carbocycles. The maximum Gasteiger partial charge on any atom is 0.472 e. The highest BCUT2D eigenvalue weighted by molar-refractivity contribution is 7.47. The number of esters is 2. The Morgan fingerprint density at radius 3 is 2.07 bits per heavy atom. The molecule has 2 bridgehead atoms. The first-order valence-corrected chi connectivity index (χ1v) is 27.3. The molecule has 19 nitrogen and oxygen atoms in total. The van der Waals surface area contributed by atoms with E-state index in [2.05, 4.69) is 31.2 Å². The number of ketones is 1. The van der Waals surface area contributed by atoms with E-state index in [4.69, 9.17) is 23.0 Å². The molecule has 2 fully saturated rings. The van der Waals surface area contributed by atoms with Crippen LogP contribution in [0.15, 0.2) is 48.6 Å². The molecule has 68 heavy (non-hydrogen) atoms. The average Bonchev–Trinajstić information content (AvgIpc) is 3.28. The molecule has 0 radical (unpaired) electrons. The minimum atomic E-state index is -5.79. The van der Waals surface area contributed by atoms with E-state index < -0.39 is 120 Å². The summed E-state index contributed by atoms with van der Waals surface area (Å²) in [4.78, 5) is 70.6. The first-order valence-electron chi connectivity index (χ1n) is 24.3. The third-order valence-electron chi connectivity index (χ3n) is 11.8. The van der Waals surface area contributed by atoms with Crippen LogP contribution in [0.3, 0.4) is 0 Å². The molecule has 1 saturated carbocycles. The first kappa shape index (κ1) is 61.7. The summed E-state index contributed by atoms with van der Waals surface area (Å²) in [5.74, 6) is -5.70. The second-order valence-corrected chi connectivity index (χ2v) is 20.2. The number of rotatable bonds is 22. The van der Waals surface area contributed by atoms with Crippen LogP contribution in [0.4, 0.5) is 0 Å². The number of allylic oxidation sites excluding steroid dienone is 6. The lowest BCUT2D eigenvalue weighted by molar-refractivity contribution is -0.165. The van der Waals surface area contributed by atoms with E-state index in [1.807, 2.05) is 19.1 Å². The van der Waals surface area contributed by atoms with Crippen LogP contribution in [-0.2, 0) is 46.6 Å². The number of Topliss-reactive ketones (excluding diaryl/α,β-unsaturated/α-hetero) is 1. The number of aliphatic hydroxyl groups is 6. The van der Waals surface area contributed by atoms with E-state index in [1.54, 1.807) is 0 Å². The Morgan fingerprint density at radius 2 is 1.43 bits per heavy atom. The molecular weight excluding hydrogens is 930 g/mol. The van der Waals surface area contributed by atoms with E-state index in [0.717, 1.165) is 44.3 Å². The van der Waals surface area contributed by atoms with Crippen LogP contribution in [-0.4, -0.2) is 131 Å². The van der Waals surface area contributed by atoms with Gasteiger partial charge in [-0.25, -0.2) is 9.13 Å². The second-order valence-electron chi connectivity index (χ2n) is 17.6. The Kier molecular flexibility index (Phi) is 30.8. The molecule has 2 aliphatic rings. The van der Waals surface area contributed by atoms with Crippen LogP contribution < -0.4 is 0 Å². The highest BCUT2D eigenvalue weighted by Crippen LogP contribution is 2.49. The van der Waals surface area contributed by atoms with Crippen LogP contribution in [0, 0.1) is 11.8 Å². The molecule has 1 aliphatic heterocycles. The van der Waals surface area contributed by atoms with Crippen molar-refractivity contribution in [3.8, 4) is 0 Å². The van der Waals surface area contributed by atoms with Crippen LogP contribution in [0.25, 0.3) is 0 Å². The minimum Gasteiger partial charge on any atom is -0.462 e. The highest BCUT2D eigenvalue weighted by atomic mass is 31.2. The number of aliphatic hydroxyl groups excluding tert-OH is 6. The van der Waals surface area contributed by atoms with Crippen molar-refractivity contribution in [2.75, 3.05) is 13.2 Å². The van der Waals surface area contributed by atoms with Gasteiger partial charge >= 0.3 is 27.6 Å². The Balaban J connectivity index is 2.38. The van der Waals surface area contributed by atoms with Gasteiger partial charge in [0.25, 0.3) is 0 Å². The summed E-state index contributed by atoms with van der Waals surface area (Å²) in [5.41, 5.74) is 0. The fourth-order valence-electron chi connectivity index (χ4n) is 7.89. The van der Waals surface area contributed by atoms with Gasteiger partial charge in [-0.3, -0.25) is 28.0 Å². The quantitative estimate of drug-likeness (QED) is 0.0265. The lowest BCUT2D eigenvalue weighted by Gasteiger charge is -2.38. The van der Waals surface area contributed by atoms with Gasteiger partial charge in [0, 0.05) is 25.2 Å². The maximum atomic E-state index is 13.9. The molecule has 1 unspecified atom stereocenters. The van der Waals surface area contributed by atoms with Crippen molar-refractivity contribution in [2.24, 2.45) is 11.8 Å². The molecule has 9 N–H and O–H groups in total. The highest BCUT2D eigenvalue weighted by Gasteiger charge is 2.51. The van der Waals surface area contributed by atoms with Gasteiger partial charge in [0.1, 0.15) is 36.8 Å². The number of cyclic esters (lactones) is 1. The zero-order valence-corrected chi connectivity index (χ0v) is 41.5. The lowest BCUT2D eigenvalue weighted by atomic mass is 9.82. The van der Waals surface area contributed by atoms with Gasteiger partial charge in [0.15, 0.2) is 6.10 Å². The molecule has 0 aromatic rings. The number of hydrogen-bond donors (Lipinski definition) is 9. The Bertz CT molecular complexity index is 1670. The maximum absolute atomic E-state index is 13.9. The third-order valence-corrected chi connectivity index (χ3v) is 13.3. The smallest absolute Gasteiger partial charge is 0.462 e. The summed E-state index contributed by atoms with van der Waals surface area (Å²) in [5, 5.41) is 68.1. The Labute approximate surface area is 401 Å². The summed E-state index contributed by atoms with van der Waals surface area (Å²) >= 11 is 0. The van der Waals surface area contributed by atoms with Gasteiger partial charge in [-0.15, -0.1) is 0 Å². The Hall–Kier alpha value is -2.45. The number of phosphoric ester groups is 2. The number of ether oxygens (including phenoxy) is 2. The van der Waals surface area contributed by atoms with Gasteiger partial charge < -0.3 is 54.8 Å². The first-order chi connectivity index (χ1) is 32.3. The SMILES string of the molecule is CCCCC/C=C\C/C=C\C/C=C\CCCCC(=O)O[C@@H]1COC(=O)CCCCCC[C@@H]2[C@@H](O)[C@H](O)[C@@H](O)[C@H](OP(=O)(O)OC1)[C@H](OP(=O)(O)O)[C@H](O)[C@@H](/C=C/[C@@H](O)CCCCC)C(=O)C[C@@H]2O. The van der Waals surface area contributed by atoms with Crippen molar-refractivity contribution in [3.05, 3.63) is 48.6 Å². The fourth-order valence-corrected chi connectivity index (χ4v) is 9.42. The number of phosphoric acid groups is 2. The number of hydrogen-bond acceptors (Lipinski definition) is 16. The number of carbonyl (C=O) groups is 3. The lowest BCUT2D eigenvalue weighted by Crippen LogP contribution is -2.56. The fraction of sp³-hybridized carbons (Fsp3) is 0.766. The standard InChI is InChI=1S/C47H80O19P2/c1-3-5-7-8-9-10-11-12-13-14-15-16-17-18-24-28-41(52)64-35-32-62-40(51)27-23-20-19-22-26-36-38(49)31-39(50)37(30-29-34(48)25-21-6-4-2)43(54)46(65-67(57,58)59)47(45(56)44(55)42(36)53)66-68(60,61)63-33-35/h9-10,12-13,15-16,29-30,34-38,42-49,53-56H,3-8,11,14,17-28,31-33H2,1-2H3,(H,60,61)(H2,57,58,59)/b10-9-,13-12-,16-15-,30-29+/t34-,35+,36-,37-,38-,42+,43+,44-,45+,46+,47-/m0/s1. The van der Waals surface area contributed by atoms with Gasteiger partial charge in [0.2, 0.25) is 0 Å². The summed E-state index contributed by atoms with van der Waals surface area (Å²) in [6, 6.07) is 0. The van der Waals surface area contributed by atoms with Crippen molar-refractivity contribution < 1.29 is 91.9 Å². The second kappa shape index (κ2) is 34.0. The molecule has 21 heteroatoms. The molecule has 0 spiro atoms. The molecule has 2 rings (SSSR count). The zero-order valence-electron chi connectivity index (χ0n) is 39.7. The predicted molar refractivity (Wildman–Crippen MR) is 251 cm³/mol. The van der Waals surface area contributed by atoms with Crippen molar-refractivity contribution in [1.29, 1.82) is 0 Å². The van der Waals surface area contributed by atoms with Crippen molar-refractivity contribution >= 4 is 33.4 Å². The summed E-state index contributed by atoms with van der Waals surface area (Å²) in [7, 11) is -11.5. The molecule has 12 atom stereocenters. The van der Waals surface area contributed by atoms with Gasteiger partial charge in [-0.1, -0.05) is 114 Å². The Morgan fingerprint density at radius 1 is 0.809 bits per heavy atom. The number of fused-ring (bicyclic) bond motifs is 4. The van der Waals surface area contributed by atoms with Crippen molar-refractivity contribution in [2.45, 2.75) is 204 Å².